The Bertz CT molecular complexity index is 216. The number of hydrogen-bond donors (Lipinski definition) is 1. The molecular formula is C8H13NO4. The largest absolute Gasteiger partial charge is 0.465 e. The number of carbonyl (C=O) groups is 2. The van der Waals surface area contributed by atoms with Gasteiger partial charge in [-0.3, -0.25) is 4.79 Å². The molecule has 0 bridgehead atoms. The van der Waals surface area contributed by atoms with Crippen LogP contribution in [0.5, 0.6) is 0 Å². The van der Waals surface area contributed by atoms with E-state index in [4.69, 9.17) is 9.84 Å². The highest BCUT2D eigenvalue weighted by molar-refractivity contribution is 5.67. The molecule has 1 rings (SSSR count). The smallest absolute Gasteiger partial charge is 0.407 e. The van der Waals surface area contributed by atoms with Crippen molar-refractivity contribution in [2.24, 2.45) is 0 Å². The van der Waals surface area contributed by atoms with Gasteiger partial charge in [-0.1, -0.05) is 0 Å². The molecule has 0 aliphatic carbocycles. The fourth-order valence-electron chi connectivity index (χ4n) is 1.44. The summed E-state index contributed by atoms with van der Waals surface area (Å²) in [5.74, 6) is -0.350. The summed E-state index contributed by atoms with van der Waals surface area (Å²) in [5, 5.41) is 8.68. The Morgan fingerprint density at radius 1 is 1.54 bits per heavy atom. The molecule has 1 aliphatic rings. The molecule has 5 nitrogen and oxygen atoms in total. The third-order valence-corrected chi connectivity index (χ3v) is 1.98. The van der Waals surface area contributed by atoms with Gasteiger partial charge in [0.2, 0.25) is 0 Å². The van der Waals surface area contributed by atoms with Crippen molar-refractivity contribution in [3.63, 3.8) is 0 Å². The molecule has 0 aromatic rings. The first-order valence-electron chi connectivity index (χ1n) is 4.24. The van der Waals surface area contributed by atoms with Crippen molar-refractivity contribution in [3.05, 3.63) is 0 Å². The number of carboxylic acid groups (broad SMARTS) is 1. The summed E-state index contributed by atoms with van der Waals surface area (Å²) < 4.78 is 4.93. The highest BCUT2D eigenvalue weighted by Crippen LogP contribution is 2.13. The lowest BCUT2D eigenvalue weighted by Crippen LogP contribution is -2.43. The maximum Gasteiger partial charge on any atom is 0.407 e. The van der Waals surface area contributed by atoms with Gasteiger partial charge in [0.25, 0.3) is 0 Å². The molecule has 1 amide bonds. The number of esters is 1. The second kappa shape index (κ2) is 4.11. The maximum atomic E-state index is 10.6. The van der Waals surface area contributed by atoms with Crippen LogP contribution in [0.15, 0.2) is 0 Å². The highest BCUT2D eigenvalue weighted by Gasteiger charge is 2.24. The van der Waals surface area contributed by atoms with E-state index in [-0.39, 0.29) is 12.1 Å². The summed E-state index contributed by atoms with van der Waals surface area (Å²) in [7, 11) is 0. The maximum absolute atomic E-state index is 10.6. The zero-order valence-corrected chi connectivity index (χ0v) is 7.52. The monoisotopic (exact) mass is 187 g/mol. The molecule has 1 unspecified atom stereocenters. The van der Waals surface area contributed by atoms with Crippen LogP contribution in [0.25, 0.3) is 0 Å². The fraction of sp³-hybridized carbons (Fsp3) is 0.750. The molecule has 1 fully saturated rings. The number of piperidine rings is 1. The number of hydrogen-bond acceptors (Lipinski definition) is 3. The lowest BCUT2D eigenvalue weighted by molar-refractivity contribution is -0.148. The normalized spacial score (nSPS) is 22.5. The van der Waals surface area contributed by atoms with Gasteiger partial charge in [-0.25, -0.2) is 4.79 Å². The van der Waals surface area contributed by atoms with E-state index < -0.39 is 6.09 Å². The van der Waals surface area contributed by atoms with Crippen molar-refractivity contribution >= 4 is 12.1 Å². The summed E-state index contributed by atoms with van der Waals surface area (Å²) in [5.41, 5.74) is 0. The summed E-state index contributed by atoms with van der Waals surface area (Å²) in [6, 6.07) is 0. The van der Waals surface area contributed by atoms with Gasteiger partial charge in [0.05, 0.1) is 6.54 Å². The second-order valence-corrected chi connectivity index (χ2v) is 3.10. The third kappa shape index (κ3) is 2.93. The molecule has 0 spiro atoms. The Hall–Kier alpha value is -1.26. The van der Waals surface area contributed by atoms with Crippen LogP contribution in [0.3, 0.4) is 0 Å². The first-order chi connectivity index (χ1) is 6.09. The van der Waals surface area contributed by atoms with E-state index in [1.54, 1.807) is 0 Å². The zero-order chi connectivity index (χ0) is 9.84. The lowest BCUT2D eigenvalue weighted by Gasteiger charge is -2.29. The Morgan fingerprint density at radius 2 is 2.23 bits per heavy atom. The molecule has 1 aliphatic heterocycles. The van der Waals surface area contributed by atoms with Crippen molar-refractivity contribution < 1.29 is 19.4 Å². The first-order valence-corrected chi connectivity index (χ1v) is 4.24. The van der Waals surface area contributed by atoms with Gasteiger partial charge in [-0.15, -0.1) is 0 Å². The van der Waals surface area contributed by atoms with E-state index in [0.29, 0.717) is 13.1 Å². The predicted octanol–water partition coefficient (Wildman–Crippen LogP) is 0.692. The SMILES string of the molecule is CC(=O)OC1CCCN(C(=O)O)C1. The van der Waals surface area contributed by atoms with Crippen LogP contribution in [-0.4, -0.2) is 41.3 Å². The van der Waals surface area contributed by atoms with Crippen LogP contribution >= 0.6 is 0 Å². The highest BCUT2D eigenvalue weighted by atomic mass is 16.5. The molecule has 0 aromatic heterocycles. The van der Waals surface area contributed by atoms with E-state index in [1.165, 1.54) is 11.8 Å². The average molecular weight is 187 g/mol. The summed E-state index contributed by atoms with van der Waals surface area (Å²) in [4.78, 5) is 22.4. The Morgan fingerprint density at radius 3 is 2.77 bits per heavy atom. The molecule has 0 saturated carbocycles. The summed E-state index contributed by atoms with van der Waals surface area (Å²) in [6.45, 7) is 2.17. The van der Waals surface area contributed by atoms with Crippen molar-refractivity contribution in [3.8, 4) is 0 Å². The molecule has 13 heavy (non-hydrogen) atoms. The molecule has 1 saturated heterocycles. The average Bonchev–Trinajstić information content (AvgIpc) is 2.03. The van der Waals surface area contributed by atoms with Gasteiger partial charge in [-0.2, -0.15) is 0 Å². The van der Waals surface area contributed by atoms with Crippen molar-refractivity contribution in [1.82, 2.24) is 4.90 Å². The van der Waals surface area contributed by atoms with Gasteiger partial charge >= 0.3 is 12.1 Å². The first kappa shape index (κ1) is 9.83. The van der Waals surface area contributed by atoms with Gasteiger partial charge in [-0.05, 0) is 12.8 Å². The molecular weight excluding hydrogens is 174 g/mol. The van der Waals surface area contributed by atoms with Gasteiger partial charge in [0.15, 0.2) is 0 Å². The number of ether oxygens (including phenoxy) is 1. The minimum absolute atomic E-state index is 0.262. The second-order valence-electron chi connectivity index (χ2n) is 3.10. The van der Waals surface area contributed by atoms with E-state index in [1.807, 2.05) is 0 Å². The van der Waals surface area contributed by atoms with Gasteiger partial charge in [0.1, 0.15) is 6.10 Å². The van der Waals surface area contributed by atoms with Crippen LogP contribution in [0.1, 0.15) is 19.8 Å². The number of carbonyl (C=O) groups excluding carboxylic acids is 1. The van der Waals surface area contributed by atoms with Crippen LogP contribution in [0.2, 0.25) is 0 Å². The van der Waals surface area contributed by atoms with Crippen LogP contribution in [0, 0.1) is 0 Å². The van der Waals surface area contributed by atoms with Crippen molar-refractivity contribution in [2.45, 2.75) is 25.9 Å². The number of nitrogens with zero attached hydrogens (tertiary/aromatic N) is 1. The molecule has 1 N–H and O–H groups in total. The Balaban J connectivity index is 2.41. The quantitative estimate of drug-likeness (QED) is 0.613. The van der Waals surface area contributed by atoms with Crippen LogP contribution in [-0.2, 0) is 9.53 Å². The van der Waals surface area contributed by atoms with E-state index in [2.05, 4.69) is 0 Å². The van der Waals surface area contributed by atoms with E-state index in [0.717, 1.165) is 12.8 Å². The third-order valence-electron chi connectivity index (χ3n) is 1.98. The van der Waals surface area contributed by atoms with Crippen molar-refractivity contribution in [2.75, 3.05) is 13.1 Å². The topological polar surface area (TPSA) is 66.8 Å². The van der Waals surface area contributed by atoms with Crippen LogP contribution < -0.4 is 0 Å². The Labute approximate surface area is 76.3 Å². The molecule has 1 heterocycles. The zero-order valence-electron chi connectivity index (χ0n) is 7.52. The number of rotatable bonds is 1. The Kier molecular flexibility index (Phi) is 3.11. The molecule has 1 atom stereocenters. The predicted molar refractivity (Wildman–Crippen MR) is 44.4 cm³/mol. The van der Waals surface area contributed by atoms with Gasteiger partial charge < -0.3 is 14.7 Å². The minimum Gasteiger partial charge on any atom is -0.465 e. The summed E-state index contributed by atoms with van der Waals surface area (Å²) in [6.07, 6.45) is 0.298. The van der Waals surface area contributed by atoms with Crippen LogP contribution in [0.4, 0.5) is 4.79 Å². The van der Waals surface area contributed by atoms with E-state index in [9.17, 15) is 9.59 Å². The van der Waals surface area contributed by atoms with E-state index >= 15 is 0 Å². The number of likely N-dealkylation sites (tertiary alicyclic amines) is 1. The molecule has 0 aromatic carbocycles. The number of amides is 1. The minimum atomic E-state index is -0.947. The summed E-state index contributed by atoms with van der Waals surface area (Å²) >= 11 is 0. The molecule has 0 radical (unpaired) electrons. The van der Waals surface area contributed by atoms with Gasteiger partial charge in [0, 0.05) is 13.5 Å². The fourth-order valence-corrected chi connectivity index (χ4v) is 1.44. The lowest BCUT2D eigenvalue weighted by atomic mass is 10.1. The molecule has 74 valence electrons. The van der Waals surface area contributed by atoms with Crippen molar-refractivity contribution in [1.29, 1.82) is 0 Å². The standard InChI is InChI=1S/C8H13NO4/c1-6(10)13-7-3-2-4-9(5-7)8(11)12/h7H,2-5H2,1H3,(H,11,12). The molecule has 5 heteroatoms.